The van der Waals surface area contributed by atoms with Gasteiger partial charge in [0.25, 0.3) is 0 Å². The molecule has 2 aromatic heterocycles. The van der Waals surface area contributed by atoms with Gasteiger partial charge in [0.2, 0.25) is 0 Å². The Morgan fingerprint density at radius 3 is 2.88 bits per heavy atom. The zero-order chi connectivity index (χ0) is 11.8. The van der Waals surface area contributed by atoms with Crippen LogP contribution < -0.4 is 5.73 Å². The second-order valence-corrected chi connectivity index (χ2v) is 4.61. The Kier molecular flexibility index (Phi) is 2.35. The normalized spacial score (nSPS) is 14.6. The van der Waals surface area contributed by atoms with Crippen molar-refractivity contribution in [3.8, 4) is 5.82 Å². The quantitative estimate of drug-likeness (QED) is 0.812. The van der Waals surface area contributed by atoms with E-state index in [1.807, 2.05) is 19.3 Å². The smallest absolute Gasteiger partial charge is 0.138 e. The summed E-state index contributed by atoms with van der Waals surface area (Å²) in [4.78, 5) is 8.86. The number of hydrogen-bond donors (Lipinski definition) is 1. The second-order valence-electron chi connectivity index (χ2n) is 4.61. The van der Waals surface area contributed by atoms with Crippen LogP contribution in [0.2, 0.25) is 0 Å². The van der Waals surface area contributed by atoms with Gasteiger partial charge in [-0.15, -0.1) is 0 Å². The Balaban J connectivity index is 2.09. The van der Waals surface area contributed by atoms with Crippen LogP contribution in [0.15, 0.2) is 18.6 Å². The summed E-state index contributed by atoms with van der Waals surface area (Å²) in [6.45, 7) is 2.00. The fourth-order valence-electron chi connectivity index (χ4n) is 2.35. The van der Waals surface area contributed by atoms with Crippen molar-refractivity contribution in [2.45, 2.75) is 32.6 Å². The molecule has 0 atom stereocenters. The first-order valence-corrected chi connectivity index (χ1v) is 6.03. The molecule has 1 aliphatic carbocycles. The van der Waals surface area contributed by atoms with Crippen LogP contribution in [0.25, 0.3) is 5.82 Å². The zero-order valence-corrected chi connectivity index (χ0v) is 9.98. The summed E-state index contributed by atoms with van der Waals surface area (Å²) in [6, 6.07) is 2.02. The third kappa shape index (κ3) is 1.69. The second kappa shape index (κ2) is 3.87. The van der Waals surface area contributed by atoms with E-state index in [0.717, 1.165) is 29.9 Å². The third-order valence-electron chi connectivity index (χ3n) is 3.41. The minimum atomic E-state index is 0.739. The Hall–Kier alpha value is -1.84. The van der Waals surface area contributed by atoms with Gasteiger partial charge >= 0.3 is 0 Å². The van der Waals surface area contributed by atoms with Crippen molar-refractivity contribution in [3.63, 3.8) is 0 Å². The zero-order valence-electron chi connectivity index (χ0n) is 9.98. The van der Waals surface area contributed by atoms with Gasteiger partial charge in [0.15, 0.2) is 0 Å². The SMILES string of the molecule is Cc1cc(-n2cnc3c2CCCC3)ncc1N. The number of hydrogen-bond acceptors (Lipinski definition) is 3. The topological polar surface area (TPSA) is 56.7 Å². The molecule has 0 saturated carbocycles. The maximum absolute atomic E-state index is 5.79. The number of nitrogen functional groups attached to an aromatic ring is 1. The minimum Gasteiger partial charge on any atom is -0.397 e. The van der Waals surface area contributed by atoms with Crippen LogP contribution in [-0.2, 0) is 12.8 Å². The first-order chi connectivity index (χ1) is 8.25. The molecule has 88 valence electrons. The van der Waals surface area contributed by atoms with Crippen molar-refractivity contribution in [1.29, 1.82) is 0 Å². The summed E-state index contributed by atoms with van der Waals surface area (Å²) in [5, 5.41) is 0. The lowest BCUT2D eigenvalue weighted by atomic mass is 10.0. The lowest BCUT2D eigenvalue weighted by molar-refractivity contribution is 0.654. The number of aromatic nitrogens is 3. The Labute approximate surface area is 101 Å². The molecule has 0 spiro atoms. The van der Waals surface area contributed by atoms with Crippen LogP contribution in [0.1, 0.15) is 29.8 Å². The van der Waals surface area contributed by atoms with Crippen LogP contribution in [-0.4, -0.2) is 14.5 Å². The molecular weight excluding hydrogens is 212 g/mol. The molecule has 0 bridgehead atoms. The molecule has 3 rings (SSSR count). The number of anilines is 1. The molecule has 4 heteroatoms. The first kappa shape index (κ1) is 10.3. The number of pyridine rings is 1. The maximum Gasteiger partial charge on any atom is 0.138 e. The van der Waals surface area contributed by atoms with Gasteiger partial charge in [-0.1, -0.05) is 0 Å². The van der Waals surface area contributed by atoms with Gasteiger partial charge in [-0.25, -0.2) is 9.97 Å². The molecular formula is C13H16N4. The van der Waals surface area contributed by atoms with Gasteiger partial charge in [-0.05, 0) is 44.2 Å². The third-order valence-corrected chi connectivity index (χ3v) is 3.41. The molecule has 0 amide bonds. The van der Waals surface area contributed by atoms with Crippen molar-refractivity contribution in [1.82, 2.24) is 14.5 Å². The Bertz CT molecular complexity index is 557. The van der Waals surface area contributed by atoms with E-state index >= 15 is 0 Å². The van der Waals surface area contributed by atoms with E-state index in [1.54, 1.807) is 6.20 Å². The number of imidazole rings is 1. The number of nitrogens with two attached hydrogens (primary N) is 1. The molecule has 0 saturated heterocycles. The van der Waals surface area contributed by atoms with E-state index in [4.69, 9.17) is 5.73 Å². The fraction of sp³-hybridized carbons (Fsp3) is 0.385. The molecule has 0 fully saturated rings. The van der Waals surface area contributed by atoms with Gasteiger partial charge in [0.05, 0.1) is 17.6 Å². The monoisotopic (exact) mass is 228 g/mol. The first-order valence-electron chi connectivity index (χ1n) is 6.03. The van der Waals surface area contributed by atoms with Gasteiger partial charge in [0, 0.05) is 5.69 Å². The average molecular weight is 228 g/mol. The molecule has 2 N–H and O–H groups in total. The molecule has 0 unspecified atom stereocenters. The van der Waals surface area contributed by atoms with E-state index in [-0.39, 0.29) is 0 Å². The lowest BCUT2D eigenvalue weighted by Crippen LogP contribution is -2.08. The van der Waals surface area contributed by atoms with Crippen molar-refractivity contribution in [2.24, 2.45) is 0 Å². The maximum atomic E-state index is 5.79. The van der Waals surface area contributed by atoms with E-state index in [1.165, 1.54) is 24.2 Å². The molecule has 1 aliphatic rings. The van der Waals surface area contributed by atoms with E-state index in [0.29, 0.717) is 0 Å². The number of aryl methyl sites for hydroxylation is 2. The van der Waals surface area contributed by atoms with E-state index in [9.17, 15) is 0 Å². The molecule has 0 aliphatic heterocycles. The Morgan fingerprint density at radius 2 is 2.06 bits per heavy atom. The summed E-state index contributed by atoms with van der Waals surface area (Å²) in [5.41, 5.74) is 10.1. The standard InChI is InChI=1S/C13H16N4/c1-9-6-13(15-7-10(9)14)17-8-16-11-4-2-3-5-12(11)17/h6-8H,2-5,14H2,1H3. The molecule has 4 nitrogen and oxygen atoms in total. The number of fused-ring (bicyclic) bond motifs is 1. The summed E-state index contributed by atoms with van der Waals surface area (Å²) < 4.78 is 2.10. The van der Waals surface area contributed by atoms with Crippen molar-refractivity contribution in [2.75, 3.05) is 5.73 Å². The van der Waals surface area contributed by atoms with Crippen molar-refractivity contribution in [3.05, 3.63) is 35.5 Å². The summed E-state index contributed by atoms with van der Waals surface area (Å²) in [6.07, 6.45) is 8.29. The highest BCUT2D eigenvalue weighted by Gasteiger charge is 2.16. The number of rotatable bonds is 1. The minimum absolute atomic E-state index is 0.739. The summed E-state index contributed by atoms with van der Waals surface area (Å²) in [5.74, 6) is 0.923. The summed E-state index contributed by atoms with van der Waals surface area (Å²) >= 11 is 0. The van der Waals surface area contributed by atoms with Crippen LogP contribution in [0.5, 0.6) is 0 Å². The van der Waals surface area contributed by atoms with Crippen LogP contribution in [0.4, 0.5) is 5.69 Å². The molecule has 2 heterocycles. The predicted octanol–water partition coefficient (Wildman–Crippen LogP) is 2.04. The highest BCUT2D eigenvalue weighted by molar-refractivity contribution is 5.47. The van der Waals surface area contributed by atoms with E-state index in [2.05, 4.69) is 14.5 Å². The average Bonchev–Trinajstić information content (AvgIpc) is 2.76. The molecule has 0 radical (unpaired) electrons. The van der Waals surface area contributed by atoms with Crippen LogP contribution in [0.3, 0.4) is 0 Å². The molecule has 0 aromatic carbocycles. The van der Waals surface area contributed by atoms with Gasteiger partial charge in [-0.3, -0.25) is 4.57 Å². The number of nitrogens with zero attached hydrogens (tertiary/aromatic N) is 3. The van der Waals surface area contributed by atoms with Crippen molar-refractivity contribution >= 4 is 5.69 Å². The predicted molar refractivity (Wildman–Crippen MR) is 67.2 cm³/mol. The lowest BCUT2D eigenvalue weighted by Gasteiger charge is -2.14. The summed E-state index contributed by atoms with van der Waals surface area (Å²) in [7, 11) is 0. The van der Waals surface area contributed by atoms with Gasteiger partial charge in [-0.2, -0.15) is 0 Å². The molecule has 2 aromatic rings. The van der Waals surface area contributed by atoms with Crippen molar-refractivity contribution < 1.29 is 0 Å². The molecule has 17 heavy (non-hydrogen) atoms. The van der Waals surface area contributed by atoms with Crippen LogP contribution >= 0.6 is 0 Å². The van der Waals surface area contributed by atoms with Gasteiger partial charge in [0.1, 0.15) is 12.1 Å². The van der Waals surface area contributed by atoms with Gasteiger partial charge < -0.3 is 5.73 Å². The van der Waals surface area contributed by atoms with E-state index < -0.39 is 0 Å². The Morgan fingerprint density at radius 1 is 1.24 bits per heavy atom. The highest BCUT2D eigenvalue weighted by atomic mass is 15.1. The largest absolute Gasteiger partial charge is 0.397 e. The fourth-order valence-corrected chi connectivity index (χ4v) is 2.35. The highest BCUT2D eigenvalue weighted by Crippen LogP contribution is 2.23. The van der Waals surface area contributed by atoms with Crippen LogP contribution in [0, 0.1) is 6.92 Å².